The molecule has 2 fully saturated rings. The van der Waals surface area contributed by atoms with Crippen LogP contribution in [-0.4, -0.2) is 72.3 Å². The number of hydrogen-bond acceptors (Lipinski definition) is 9. The molecule has 4 heterocycles. The second kappa shape index (κ2) is 11.0. The molecule has 0 spiro atoms. The molecular formula is C31H31F2N7OS. The zero-order chi connectivity index (χ0) is 28.8. The number of likely N-dealkylation sites (N-methyl/N-ethyl adjacent to an activating group) is 1. The lowest BCUT2D eigenvalue weighted by Gasteiger charge is -2.30. The largest absolute Gasteiger partial charge is 0.462 e. The maximum absolute atomic E-state index is 17.1. The van der Waals surface area contributed by atoms with Crippen LogP contribution in [0.15, 0.2) is 48.5 Å². The lowest BCUT2D eigenvalue weighted by Crippen LogP contribution is -2.44. The van der Waals surface area contributed by atoms with Crippen molar-refractivity contribution in [1.82, 2.24) is 25.2 Å². The Bertz CT molecular complexity index is 1770. The van der Waals surface area contributed by atoms with E-state index in [9.17, 15) is 4.39 Å². The van der Waals surface area contributed by atoms with E-state index in [0.29, 0.717) is 34.5 Å². The Labute approximate surface area is 246 Å². The van der Waals surface area contributed by atoms with Crippen molar-refractivity contribution in [1.29, 1.82) is 0 Å². The first-order valence-corrected chi connectivity index (χ1v) is 15.0. The van der Waals surface area contributed by atoms with Gasteiger partial charge >= 0.3 is 6.01 Å². The highest BCUT2D eigenvalue weighted by molar-refractivity contribution is 7.22. The number of likely N-dealkylation sites (tertiary alicyclic amines) is 1. The average Bonchev–Trinajstić information content (AvgIpc) is 3.62. The first-order valence-electron chi connectivity index (χ1n) is 14.2. The molecule has 3 N–H and O–H groups in total. The summed E-state index contributed by atoms with van der Waals surface area (Å²) in [5, 5.41) is 4.19. The van der Waals surface area contributed by atoms with Gasteiger partial charge in [0.2, 0.25) is 0 Å². The average molecular weight is 588 g/mol. The van der Waals surface area contributed by atoms with Crippen molar-refractivity contribution in [3.8, 4) is 28.3 Å². The molecule has 5 aromatic rings. The van der Waals surface area contributed by atoms with Crippen LogP contribution in [0.5, 0.6) is 6.01 Å². The molecule has 42 heavy (non-hydrogen) atoms. The third-order valence-electron chi connectivity index (χ3n) is 8.25. The van der Waals surface area contributed by atoms with Gasteiger partial charge in [0.25, 0.3) is 0 Å². The Morgan fingerprint density at radius 1 is 1.00 bits per heavy atom. The Morgan fingerprint density at radius 2 is 1.81 bits per heavy atom. The number of rotatable bonds is 6. The fourth-order valence-corrected chi connectivity index (χ4v) is 6.80. The molecule has 2 saturated heterocycles. The maximum Gasteiger partial charge on any atom is 0.319 e. The van der Waals surface area contributed by atoms with Crippen LogP contribution in [0.3, 0.4) is 0 Å². The standard InChI is InChI=1S/C31H31F2N7OS/c1-39-13-5-8-19(39)17-41-31-37-26-22(29(38-31)40-14-11-35-12-15-40)16-21(18-6-3-2-4-7-18)24(25(26)33)20-9-10-23(32)28-27(20)36-30(34)42-28/h2-4,6-7,9-10,16,19,35H,5,8,11-15,17H2,1H3,(H2,34,36)/t19-/m0/s1. The SMILES string of the molecule is CN1CCC[C@H]1COc1nc(N2CCNCC2)c2cc(-c3ccccc3)c(-c3ccc(F)c4sc(N)nc34)c(F)c2n1. The number of halogens is 2. The second-order valence-corrected chi connectivity index (χ2v) is 11.9. The fraction of sp³-hybridized carbons (Fsp3) is 0.323. The molecule has 7 rings (SSSR count). The summed E-state index contributed by atoms with van der Waals surface area (Å²) in [5.41, 5.74) is 8.67. The third-order valence-corrected chi connectivity index (χ3v) is 9.14. The Balaban J connectivity index is 1.48. The quantitative estimate of drug-likeness (QED) is 0.276. The number of ether oxygens (including phenoxy) is 1. The normalized spacial score (nSPS) is 17.9. The van der Waals surface area contributed by atoms with Crippen molar-refractivity contribution < 1.29 is 13.5 Å². The molecule has 0 saturated carbocycles. The molecule has 2 aliphatic heterocycles. The number of nitrogen functional groups attached to an aromatic ring is 1. The van der Waals surface area contributed by atoms with Gasteiger partial charge in [-0.1, -0.05) is 41.7 Å². The van der Waals surface area contributed by atoms with E-state index >= 15 is 4.39 Å². The first-order chi connectivity index (χ1) is 20.5. The lowest BCUT2D eigenvalue weighted by atomic mass is 9.91. The third kappa shape index (κ3) is 4.81. The van der Waals surface area contributed by atoms with E-state index in [1.165, 1.54) is 6.07 Å². The van der Waals surface area contributed by atoms with Gasteiger partial charge < -0.3 is 25.6 Å². The van der Waals surface area contributed by atoms with Gasteiger partial charge in [0.15, 0.2) is 10.9 Å². The Hall–Kier alpha value is -3.93. The van der Waals surface area contributed by atoms with Gasteiger partial charge in [-0.3, -0.25) is 0 Å². The molecule has 0 unspecified atom stereocenters. The van der Waals surface area contributed by atoms with Gasteiger partial charge in [0.1, 0.15) is 23.8 Å². The minimum atomic E-state index is -0.535. The maximum atomic E-state index is 17.1. The van der Waals surface area contributed by atoms with Crippen LogP contribution in [-0.2, 0) is 0 Å². The van der Waals surface area contributed by atoms with Crippen LogP contribution in [0.2, 0.25) is 0 Å². The number of nitrogens with one attached hydrogen (secondary N) is 1. The zero-order valence-electron chi connectivity index (χ0n) is 23.2. The van der Waals surface area contributed by atoms with Gasteiger partial charge in [0, 0.05) is 48.7 Å². The number of nitrogens with zero attached hydrogens (tertiary/aromatic N) is 5. The Kier molecular flexibility index (Phi) is 7.09. The predicted molar refractivity (Wildman–Crippen MR) is 164 cm³/mol. The lowest BCUT2D eigenvalue weighted by molar-refractivity contribution is 0.188. The van der Waals surface area contributed by atoms with E-state index < -0.39 is 11.6 Å². The zero-order valence-corrected chi connectivity index (χ0v) is 24.1. The molecule has 11 heteroatoms. The number of piperazine rings is 1. The van der Waals surface area contributed by atoms with E-state index in [1.54, 1.807) is 6.07 Å². The van der Waals surface area contributed by atoms with Crippen molar-refractivity contribution in [3.63, 3.8) is 0 Å². The summed E-state index contributed by atoms with van der Waals surface area (Å²) in [4.78, 5) is 18.3. The van der Waals surface area contributed by atoms with Gasteiger partial charge in [-0.2, -0.15) is 9.97 Å². The number of nitrogens with two attached hydrogens (primary N) is 1. The van der Waals surface area contributed by atoms with Gasteiger partial charge in [-0.25, -0.2) is 13.8 Å². The van der Waals surface area contributed by atoms with Crippen molar-refractivity contribution in [2.45, 2.75) is 18.9 Å². The topological polar surface area (TPSA) is 92.4 Å². The van der Waals surface area contributed by atoms with Crippen LogP contribution in [0.25, 0.3) is 43.4 Å². The monoisotopic (exact) mass is 587 g/mol. The first kappa shape index (κ1) is 26.9. The Morgan fingerprint density at radius 3 is 2.57 bits per heavy atom. The number of thiazole rings is 1. The van der Waals surface area contributed by atoms with Crippen molar-refractivity contribution in [2.24, 2.45) is 0 Å². The van der Waals surface area contributed by atoms with Gasteiger partial charge in [0.05, 0.1) is 10.2 Å². The van der Waals surface area contributed by atoms with E-state index in [1.807, 2.05) is 36.4 Å². The summed E-state index contributed by atoms with van der Waals surface area (Å²) in [6, 6.07) is 14.9. The van der Waals surface area contributed by atoms with E-state index in [-0.39, 0.29) is 33.0 Å². The predicted octanol–water partition coefficient (Wildman–Crippen LogP) is 5.32. The molecule has 0 amide bonds. The molecule has 2 aromatic heterocycles. The number of hydrogen-bond donors (Lipinski definition) is 2. The number of benzene rings is 3. The second-order valence-electron chi connectivity index (χ2n) is 10.9. The highest BCUT2D eigenvalue weighted by Crippen LogP contribution is 2.44. The van der Waals surface area contributed by atoms with Crippen LogP contribution in [0, 0.1) is 11.6 Å². The molecule has 0 radical (unpaired) electrons. The smallest absolute Gasteiger partial charge is 0.319 e. The minimum absolute atomic E-state index is 0.149. The van der Waals surface area contributed by atoms with Gasteiger partial charge in [-0.15, -0.1) is 0 Å². The van der Waals surface area contributed by atoms with Crippen LogP contribution in [0.4, 0.5) is 19.7 Å². The summed E-state index contributed by atoms with van der Waals surface area (Å²) in [6.45, 7) is 4.47. The summed E-state index contributed by atoms with van der Waals surface area (Å²) in [7, 11) is 2.08. The highest BCUT2D eigenvalue weighted by atomic mass is 32.1. The molecular weight excluding hydrogens is 556 g/mol. The summed E-state index contributed by atoms with van der Waals surface area (Å²) in [5.74, 6) is -0.338. The molecule has 2 aliphatic rings. The molecule has 8 nitrogen and oxygen atoms in total. The van der Waals surface area contributed by atoms with Crippen LogP contribution >= 0.6 is 11.3 Å². The molecule has 0 aliphatic carbocycles. The summed E-state index contributed by atoms with van der Waals surface area (Å²) in [6.07, 6.45) is 2.15. The minimum Gasteiger partial charge on any atom is -0.462 e. The van der Waals surface area contributed by atoms with Crippen molar-refractivity contribution in [3.05, 3.63) is 60.2 Å². The van der Waals surface area contributed by atoms with Crippen molar-refractivity contribution >= 4 is 43.4 Å². The van der Waals surface area contributed by atoms with Crippen LogP contribution < -0.4 is 20.7 Å². The molecule has 3 aromatic carbocycles. The highest BCUT2D eigenvalue weighted by Gasteiger charge is 2.27. The number of anilines is 2. The summed E-state index contributed by atoms with van der Waals surface area (Å²) >= 11 is 1.05. The molecule has 216 valence electrons. The molecule has 0 bridgehead atoms. The summed E-state index contributed by atoms with van der Waals surface area (Å²) < 4.78 is 38.4. The number of fused-ring (bicyclic) bond motifs is 2. The number of aromatic nitrogens is 3. The fourth-order valence-electron chi connectivity index (χ4n) is 6.04. The van der Waals surface area contributed by atoms with Gasteiger partial charge in [-0.05, 0) is 55.8 Å². The van der Waals surface area contributed by atoms with E-state index in [4.69, 9.17) is 15.5 Å². The van der Waals surface area contributed by atoms with E-state index in [0.717, 1.165) is 62.5 Å². The van der Waals surface area contributed by atoms with Crippen LogP contribution in [0.1, 0.15) is 12.8 Å². The van der Waals surface area contributed by atoms with Crippen molar-refractivity contribution in [2.75, 3.05) is 57.0 Å². The molecule has 1 atom stereocenters. The van der Waals surface area contributed by atoms with E-state index in [2.05, 4.69) is 32.1 Å².